The zero-order valence-electron chi connectivity index (χ0n) is 13.8. The van der Waals surface area contributed by atoms with Crippen LogP contribution in [0.25, 0.3) is 0 Å². The van der Waals surface area contributed by atoms with Crippen LogP contribution in [0.15, 0.2) is 48.5 Å². The Kier molecular flexibility index (Phi) is 4.70. The second-order valence-corrected chi connectivity index (χ2v) is 5.99. The molecule has 0 bridgehead atoms. The molecule has 0 saturated heterocycles. The van der Waals surface area contributed by atoms with Crippen LogP contribution in [0.5, 0.6) is 5.75 Å². The molecule has 1 aliphatic rings. The van der Waals surface area contributed by atoms with E-state index in [0.29, 0.717) is 29.7 Å². The molecule has 0 radical (unpaired) electrons. The van der Waals surface area contributed by atoms with Gasteiger partial charge in [-0.2, -0.15) is 0 Å². The summed E-state index contributed by atoms with van der Waals surface area (Å²) in [6.07, 6.45) is 1.36. The molecule has 0 aromatic heterocycles. The number of benzene rings is 2. The van der Waals surface area contributed by atoms with Gasteiger partial charge in [-0.25, -0.2) is 4.39 Å². The van der Waals surface area contributed by atoms with E-state index in [4.69, 9.17) is 4.74 Å². The third kappa shape index (κ3) is 3.63. The number of nitrogens with one attached hydrogen (secondary N) is 2. The molecule has 2 amide bonds. The number of para-hydroxylation sites is 1. The highest BCUT2D eigenvalue weighted by Gasteiger charge is 2.47. The lowest BCUT2D eigenvalue weighted by atomic mass is 10.0. The number of methoxy groups -OCH3 is 1. The maximum atomic E-state index is 14.0. The van der Waals surface area contributed by atoms with Gasteiger partial charge in [-0.05, 0) is 31.0 Å². The predicted molar refractivity (Wildman–Crippen MR) is 90.8 cm³/mol. The summed E-state index contributed by atoms with van der Waals surface area (Å²) in [5.74, 6) is -0.656. The number of hydrogen-bond acceptors (Lipinski definition) is 3. The first-order valence-corrected chi connectivity index (χ1v) is 8.03. The topological polar surface area (TPSA) is 67.4 Å². The Morgan fingerprint density at radius 3 is 2.48 bits per heavy atom. The summed E-state index contributed by atoms with van der Waals surface area (Å²) < 4.78 is 19.1. The molecule has 25 heavy (non-hydrogen) atoms. The third-order valence-electron chi connectivity index (χ3n) is 4.28. The fourth-order valence-corrected chi connectivity index (χ4v) is 2.84. The van der Waals surface area contributed by atoms with Gasteiger partial charge in [0.1, 0.15) is 11.6 Å². The van der Waals surface area contributed by atoms with Crippen molar-refractivity contribution in [3.05, 3.63) is 65.5 Å². The molecule has 2 aromatic rings. The summed E-state index contributed by atoms with van der Waals surface area (Å²) in [5, 5.41) is 5.40. The first-order valence-electron chi connectivity index (χ1n) is 8.03. The highest BCUT2D eigenvalue weighted by Crippen LogP contribution is 2.46. The van der Waals surface area contributed by atoms with Crippen molar-refractivity contribution >= 4 is 11.8 Å². The average Bonchev–Trinajstić information content (AvgIpc) is 3.40. The van der Waals surface area contributed by atoms with E-state index in [1.54, 1.807) is 42.5 Å². The van der Waals surface area contributed by atoms with Crippen molar-refractivity contribution in [2.75, 3.05) is 13.7 Å². The van der Waals surface area contributed by atoms with Gasteiger partial charge >= 0.3 is 0 Å². The van der Waals surface area contributed by atoms with Crippen LogP contribution in [0.3, 0.4) is 0 Å². The Bertz CT molecular complexity index is 803. The van der Waals surface area contributed by atoms with Gasteiger partial charge < -0.3 is 15.4 Å². The Hall–Kier alpha value is -2.89. The first kappa shape index (κ1) is 17.0. The summed E-state index contributed by atoms with van der Waals surface area (Å²) in [7, 11) is 1.48. The van der Waals surface area contributed by atoms with Crippen LogP contribution in [0, 0.1) is 5.82 Å². The molecular weight excluding hydrogens is 323 g/mol. The zero-order valence-corrected chi connectivity index (χ0v) is 13.8. The summed E-state index contributed by atoms with van der Waals surface area (Å²) in [4.78, 5) is 24.4. The lowest BCUT2D eigenvalue weighted by molar-refractivity contribution is -0.121. The molecule has 1 saturated carbocycles. The van der Waals surface area contributed by atoms with E-state index in [9.17, 15) is 14.0 Å². The second-order valence-electron chi connectivity index (χ2n) is 5.99. The molecule has 0 spiro atoms. The number of ether oxygens (including phenoxy) is 1. The van der Waals surface area contributed by atoms with Crippen molar-refractivity contribution in [2.24, 2.45) is 0 Å². The molecule has 0 unspecified atom stereocenters. The van der Waals surface area contributed by atoms with Gasteiger partial charge in [0.25, 0.3) is 5.91 Å². The largest absolute Gasteiger partial charge is 0.496 e. The van der Waals surface area contributed by atoms with Gasteiger partial charge in [0.2, 0.25) is 5.91 Å². The van der Waals surface area contributed by atoms with Gasteiger partial charge in [-0.1, -0.05) is 30.3 Å². The van der Waals surface area contributed by atoms with Crippen molar-refractivity contribution in [3.8, 4) is 5.75 Å². The van der Waals surface area contributed by atoms with E-state index in [1.807, 2.05) is 0 Å². The molecule has 1 fully saturated rings. The van der Waals surface area contributed by atoms with Gasteiger partial charge in [0, 0.05) is 5.56 Å². The van der Waals surface area contributed by atoms with Crippen LogP contribution in [-0.4, -0.2) is 25.5 Å². The van der Waals surface area contributed by atoms with Gasteiger partial charge in [0.05, 0.1) is 24.8 Å². The summed E-state index contributed by atoms with van der Waals surface area (Å²) >= 11 is 0. The van der Waals surface area contributed by atoms with Crippen LogP contribution in [0.1, 0.15) is 28.8 Å². The minimum Gasteiger partial charge on any atom is -0.496 e. The van der Waals surface area contributed by atoms with E-state index < -0.39 is 11.4 Å². The van der Waals surface area contributed by atoms with Crippen LogP contribution in [0.2, 0.25) is 0 Å². The molecule has 0 atom stereocenters. The third-order valence-corrected chi connectivity index (χ3v) is 4.28. The van der Waals surface area contributed by atoms with Gasteiger partial charge in [0.15, 0.2) is 0 Å². The molecule has 3 rings (SSSR count). The van der Waals surface area contributed by atoms with Crippen molar-refractivity contribution in [2.45, 2.75) is 18.4 Å². The van der Waals surface area contributed by atoms with Crippen LogP contribution >= 0.6 is 0 Å². The minimum atomic E-state index is -0.655. The van der Waals surface area contributed by atoms with E-state index in [2.05, 4.69) is 10.6 Å². The van der Waals surface area contributed by atoms with Crippen LogP contribution in [-0.2, 0) is 10.3 Å². The highest BCUT2D eigenvalue weighted by molar-refractivity contribution is 5.98. The molecule has 1 aliphatic carbocycles. The Labute approximate surface area is 145 Å². The molecule has 0 heterocycles. The van der Waals surface area contributed by atoms with Crippen molar-refractivity contribution in [3.63, 3.8) is 0 Å². The Morgan fingerprint density at radius 1 is 1.12 bits per heavy atom. The van der Waals surface area contributed by atoms with Crippen molar-refractivity contribution < 1.29 is 18.7 Å². The zero-order chi connectivity index (χ0) is 17.9. The smallest absolute Gasteiger partial charge is 0.255 e. The maximum Gasteiger partial charge on any atom is 0.255 e. The monoisotopic (exact) mass is 342 g/mol. The fourth-order valence-electron chi connectivity index (χ4n) is 2.84. The molecule has 6 heteroatoms. The Morgan fingerprint density at radius 2 is 1.80 bits per heavy atom. The minimum absolute atomic E-state index is 0.187. The van der Waals surface area contributed by atoms with E-state index in [0.717, 1.165) is 0 Å². The molecule has 130 valence electrons. The van der Waals surface area contributed by atoms with Crippen molar-refractivity contribution in [1.82, 2.24) is 10.6 Å². The fraction of sp³-hybridized carbons (Fsp3) is 0.263. The summed E-state index contributed by atoms with van der Waals surface area (Å²) in [6, 6.07) is 13.2. The lowest BCUT2D eigenvalue weighted by Gasteiger charge is -2.19. The molecule has 5 nitrogen and oxygen atoms in total. The maximum absolute atomic E-state index is 14.0. The number of carbonyl (C=O) groups excluding carboxylic acids is 2. The number of carbonyl (C=O) groups is 2. The Balaban J connectivity index is 1.60. The van der Waals surface area contributed by atoms with E-state index in [1.165, 1.54) is 13.2 Å². The number of halogens is 1. The predicted octanol–water partition coefficient (Wildman–Crippen LogP) is 2.37. The average molecular weight is 342 g/mol. The molecular formula is C19H19FN2O3. The van der Waals surface area contributed by atoms with E-state index in [-0.39, 0.29) is 18.3 Å². The summed E-state index contributed by atoms with van der Waals surface area (Å²) in [5.41, 5.74) is 0.185. The quantitative estimate of drug-likeness (QED) is 0.847. The number of hydrogen-bond donors (Lipinski definition) is 2. The van der Waals surface area contributed by atoms with Crippen LogP contribution in [0.4, 0.5) is 4.39 Å². The second kappa shape index (κ2) is 6.93. The first-order chi connectivity index (χ1) is 12.1. The summed E-state index contributed by atoms with van der Waals surface area (Å²) in [6.45, 7) is -0.187. The normalized spacial score (nSPS) is 14.5. The number of rotatable bonds is 6. The van der Waals surface area contributed by atoms with Crippen molar-refractivity contribution in [1.29, 1.82) is 0 Å². The number of amides is 2. The van der Waals surface area contributed by atoms with Crippen LogP contribution < -0.4 is 15.4 Å². The van der Waals surface area contributed by atoms with E-state index >= 15 is 0 Å². The molecule has 2 N–H and O–H groups in total. The van der Waals surface area contributed by atoms with Gasteiger partial charge in [-0.15, -0.1) is 0 Å². The lowest BCUT2D eigenvalue weighted by Crippen LogP contribution is -2.42. The molecule has 0 aliphatic heterocycles. The standard InChI is InChI=1S/C19H19FN2O3/c1-25-16-9-5-2-6-13(16)18(24)21-12-17(23)22-19(10-11-19)14-7-3-4-8-15(14)20/h2-9H,10-12H2,1H3,(H,21,24)(H,22,23). The van der Waals surface area contributed by atoms with Gasteiger partial charge in [-0.3, -0.25) is 9.59 Å². The molecule has 2 aromatic carbocycles. The SMILES string of the molecule is COc1ccccc1C(=O)NCC(=O)NC1(c2ccccc2F)CC1. The highest BCUT2D eigenvalue weighted by atomic mass is 19.1.